The summed E-state index contributed by atoms with van der Waals surface area (Å²) in [6.07, 6.45) is -11.5. The zero-order valence-corrected chi connectivity index (χ0v) is 20.8. The van der Waals surface area contributed by atoms with Crippen LogP contribution in [0.1, 0.15) is 87.2 Å². The summed E-state index contributed by atoms with van der Waals surface area (Å²) in [6, 6.07) is 8.29. The van der Waals surface area contributed by atoms with Gasteiger partial charge in [0, 0.05) is 6.42 Å². The SMILES string of the molecule is FC1CC(CC(F)(F)C2C(F)CC(C3CCC(c4ccc(C5CC5)cc4)CC3F)CC2F)CC(F)C1F. The van der Waals surface area contributed by atoms with E-state index in [4.69, 9.17) is 0 Å². The van der Waals surface area contributed by atoms with Gasteiger partial charge in [0.15, 0.2) is 6.17 Å². The number of benzene rings is 1. The Labute approximate surface area is 213 Å². The summed E-state index contributed by atoms with van der Waals surface area (Å²) in [5.41, 5.74) is 2.36. The summed E-state index contributed by atoms with van der Waals surface area (Å²) in [7, 11) is 0. The topological polar surface area (TPSA) is 0 Å². The molecule has 8 heteroatoms. The normalized spacial score (nSPS) is 43.5. The summed E-state index contributed by atoms with van der Waals surface area (Å²) < 4.78 is 116. The molecular weight excluding hydrogens is 500 g/mol. The number of alkyl halides is 8. The van der Waals surface area contributed by atoms with E-state index >= 15 is 22.0 Å². The van der Waals surface area contributed by atoms with Crippen molar-refractivity contribution in [3.05, 3.63) is 35.4 Å². The van der Waals surface area contributed by atoms with Crippen molar-refractivity contribution < 1.29 is 35.1 Å². The minimum atomic E-state index is -3.82. The molecule has 0 amide bonds. The quantitative estimate of drug-likeness (QED) is 0.319. The molecule has 37 heavy (non-hydrogen) atoms. The fourth-order valence-corrected chi connectivity index (χ4v) is 7.41. The minimum Gasteiger partial charge on any atom is -0.247 e. The first-order chi connectivity index (χ1) is 17.5. The van der Waals surface area contributed by atoms with Crippen molar-refractivity contribution in [3.63, 3.8) is 0 Å². The Morgan fingerprint density at radius 2 is 1.11 bits per heavy atom. The first kappa shape index (κ1) is 27.2. The van der Waals surface area contributed by atoms with Crippen LogP contribution < -0.4 is 0 Å². The second-order valence-corrected chi connectivity index (χ2v) is 12.2. The maximum atomic E-state index is 15.3. The van der Waals surface area contributed by atoms with Crippen molar-refractivity contribution in [1.29, 1.82) is 0 Å². The van der Waals surface area contributed by atoms with E-state index < -0.39 is 85.9 Å². The molecule has 0 heterocycles. The maximum Gasteiger partial charge on any atom is 0.256 e. The molecule has 5 rings (SSSR count). The van der Waals surface area contributed by atoms with Crippen LogP contribution in [0, 0.1) is 23.7 Å². The molecule has 0 radical (unpaired) electrons. The molecule has 4 aliphatic carbocycles. The fraction of sp³-hybridized carbons (Fsp3) is 0.793. The third-order valence-electron chi connectivity index (χ3n) is 9.58. The maximum absolute atomic E-state index is 15.3. The predicted octanol–water partition coefficient (Wildman–Crippen LogP) is 8.94. The lowest BCUT2D eigenvalue weighted by molar-refractivity contribution is -0.156. The highest BCUT2D eigenvalue weighted by Gasteiger charge is 2.56. The Morgan fingerprint density at radius 1 is 0.595 bits per heavy atom. The van der Waals surface area contributed by atoms with Crippen molar-refractivity contribution in [3.8, 4) is 0 Å². The van der Waals surface area contributed by atoms with E-state index in [0.29, 0.717) is 18.8 Å². The third-order valence-corrected chi connectivity index (χ3v) is 9.58. The zero-order valence-electron chi connectivity index (χ0n) is 20.8. The van der Waals surface area contributed by atoms with Crippen LogP contribution in [-0.4, -0.2) is 43.0 Å². The fourth-order valence-electron chi connectivity index (χ4n) is 7.41. The number of halogens is 8. The Kier molecular flexibility index (Phi) is 7.86. The van der Waals surface area contributed by atoms with E-state index in [-0.39, 0.29) is 25.2 Å². The predicted molar refractivity (Wildman–Crippen MR) is 126 cm³/mol. The first-order valence-corrected chi connectivity index (χ1v) is 13.9. The number of hydrogen-bond acceptors (Lipinski definition) is 0. The van der Waals surface area contributed by atoms with Gasteiger partial charge in [-0.05, 0) is 98.5 Å². The molecule has 0 nitrogen and oxygen atoms in total. The summed E-state index contributed by atoms with van der Waals surface area (Å²) in [6.45, 7) is 0. The van der Waals surface area contributed by atoms with Gasteiger partial charge in [-0.3, -0.25) is 0 Å². The smallest absolute Gasteiger partial charge is 0.247 e. The van der Waals surface area contributed by atoms with Gasteiger partial charge in [0.2, 0.25) is 0 Å². The Morgan fingerprint density at radius 3 is 1.62 bits per heavy atom. The Bertz CT molecular complexity index is 878. The van der Waals surface area contributed by atoms with Crippen molar-refractivity contribution in [2.24, 2.45) is 23.7 Å². The lowest BCUT2D eigenvalue weighted by Crippen LogP contribution is -2.50. The van der Waals surface area contributed by atoms with Crippen molar-refractivity contribution in [1.82, 2.24) is 0 Å². The molecule has 0 saturated heterocycles. The highest BCUT2D eigenvalue weighted by Crippen LogP contribution is 2.51. The highest BCUT2D eigenvalue weighted by molar-refractivity contribution is 5.30. The van der Waals surface area contributed by atoms with Gasteiger partial charge < -0.3 is 0 Å². The molecule has 0 spiro atoms. The lowest BCUT2D eigenvalue weighted by atomic mass is 9.65. The highest BCUT2D eigenvalue weighted by atomic mass is 19.3. The van der Waals surface area contributed by atoms with Gasteiger partial charge in [-0.2, -0.15) is 0 Å². The van der Waals surface area contributed by atoms with E-state index in [2.05, 4.69) is 12.1 Å². The van der Waals surface area contributed by atoms with E-state index in [0.717, 1.165) is 5.56 Å². The standard InChI is InChI=1S/C29H36F8/c30-22-11-19(18-5-3-17(4-6-18)16-1-2-16)7-8-21(22)20-12-23(31)27(24(32)13-20)29(36,37)14-15-9-25(33)28(35)26(34)10-15/h3-6,15-16,19-28H,1-2,7-14H2. The van der Waals surface area contributed by atoms with Crippen LogP contribution in [0.3, 0.4) is 0 Å². The molecule has 4 aliphatic rings. The van der Waals surface area contributed by atoms with Gasteiger partial charge in [-0.15, -0.1) is 0 Å². The third kappa shape index (κ3) is 5.83. The Hall–Kier alpha value is -1.34. The average Bonchev–Trinajstić information content (AvgIpc) is 3.67. The molecule has 0 aromatic heterocycles. The van der Waals surface area contributed by atoms with Gasteiger partial charge in [0.05, 0.1) is 5.92 Å². The minimum absolute atomic E-state index is 0.0283. The van der Waals surface area contributed by atoms with Crippen LogP contribution in [0.15, 0.2) is 24.3 Å². The summed E-state index contributed by atoms with van der Waals surface area (Å²) in [5.74, 6) is -7.83. The molecular formula is C29H36F8. The number of hydrogen-bond donors (Lipinski definition) is 0. The molecule has 4 saturated carbocycles. The van der Waals surface area contributed by atoms with E-state index in [1.165, 1.54) is 18.4 Å². The molecule has 4 fully saturated rings. The van der Waals surface area contributed by atoms with E-state index in [1.807, 2.05) is 12.1 Å². The van der Waals surface area contributed by atoms with Crippen molar-refractivity contribution in [2.75, 3.05) is 0 Å². The van der Waals surface area contributed by atoms with E-state index in [9.17, 15) is 13.2 Å². The van der Waals surface area contributed by atoms with Crippen LogP contribution >= 0.6 is 0 Å². The largest absolute Gasteiger partial charge is 0.256 e. The summed E-state index contributed by atoms with van der Waals surface area (Å²) in [5, 5.41) is 0. The second kappa shape index (κ2) is 10.7. The van der Waals surface area contributed by atoms with Crippen molar-refractivity contribution >= 4 is 0 Å². The van der Waals surface area contributed by atoms with Gasteiger partial charge in [-0.25, -0.2) is 35.1 Å². The lowest BCUT2D eigenvalue weighted by Gasteiger charge is -2.44. The summed E-state index contributed by atoms with van der Waals surface area (Å²) >= 11 is 0. The Balaban J connectivity index is 1.17. The molecule has 208 valence electrons. The molecule has 7 unspecified atom stereocenters. The van der Waals surface area contributed by atoms with Gasteiger partial charge >= 0.3 is 0 Å². The monoisotopic (exact) mass is 536 g/mol. The van der Waals surface area contributed by atoms with Crippen LogP contribution in [0.25, 0.3) is 0 Å². The number of rotatable bonds is 6. The van der Waals surface area contributed by atoms with Crippen LogP contribution in [-0.2, 0) is 0 Å². The van der Waals surface area contributed by atoms with E-state index in [1.54, 1.807) is 0 Å². The molecule has 1 aromatic carbocycles. The second-order valence-electron chi connectivity index (χ2n) is 12.2. The van der Waals surface area contributed by atoms with Crippen LogP contribution in [0.2, 0.25) is 0 Å². The average molecular weight is 537 g/mol. The summed E-state index contributed by atoms with van der Waals surface area (Å²) in [4.78, 5) is 0. The van der Waals surface area contributed by atoms with Crippen LogP contribution in [0.4, 0.5) is 35.1 Å². The van der Waals surface area contributed by atoms with Crippen molar-refractivity contribution in [2.45, 2.75) is 119 Å². The van der Waals surface area contributed by atoms with Crippen LogP contribution in [0.5, 0.6) is 0 Å². The molecule has 7 atom stereocenters. The first-order valence-electron chi connectivity index (χ1n) is 13.9. The molecule has 0 bridgehead atoms. The van der Waals surface area contributed by atoms with Gasteiger partial charge in [0.25, 0.3) is 5.92 Å². The van der Waals surface area contributed by atoms with Gasteiger partial charge in [-0.1, -0.05) is 24.3 Å². The molecule has 0 N–H and O–H groups in total. The molecule has 0 aliphatic heterocycles. The molecule has 1 aromatic rings. The zero-order chi connectivity index (χ0) is 26.5. The van der Waals surface area contributed by atoms with Gasteiger partial charge in [0.1, 0.15) is 30.9 Å².